The fourth-order valence-corrected chi connectivity index (χ4v) is 2.68. The summed E-state index contributed by atoms with van der Waals surface area (Å²) in [5.74, 6) is -0.263. The second-order valence-electron chi connectivity index (χ2n) is 4.62. The molecule has 0 spiro atoms. The topological polar surface area (TPSA) is 35.2 Å². The Labute approximate surface area is 128 Å². The van der Waals surface area contributed by atoms with Crippen LogP contribution in [-0.4, -0.2) is 6.36 Å². The standard InChI is InChI=1S/C15H13BrF3NO/c1-9-2-7-12(13(16)8-9)14(20)10-3-5-11(6-4-10)21-15(17,18)19/h2-8,14H,20H2,1H3/t14-/m1/s1. The summed E-state index contributed by atoms with van der Waals surface area (Å²) in [4.78, 5) is 0. The Morgan fingerprint density at radius 2 is 1.71 bits per heavy atom. The molecular formula is C15H13BrF3NO. The van der Waals surface area contributed by atoms with Crippen molar-refractivity contribution in [2.24, 2.45) is 5.73 Å². The molecule has 2 rings (SSSR count). The van der Waals surface area contributed by atoms with Gasteiger partial charge in [0.25, 0.3) is 0 Å². The number of benzene rings is 2. The Morgan fingerprint density at radius 1 is 1.10 bits per heavy atom. The summed E-state index contributed by atoms with van der Waals surface area (Å²) < 4.78 is 41.0. The van der Waals surface area contributed by atoms with Crippen molar-refractivity contribution in [2.75, 3.05) is 0 Å². The average molecular weight is 360 g/mol. The Hall–Kier alpha value is -1.53. The predicted octanol–water partition coefficient (Wildman–Crippen LogP) is 4.70. The van der Waals surface area contributed by atoms with Gasteiger partial charge in [-0.3, -0.25) is 0 Å². The van der Waals surface area contributed by atoms with E-state index in [1.807, 2.05) is 25.1 Å². The molecule has 2 nitrogen and oxygen atoms in total. The van der Waals surface area contributed by atoms with Crippen LogP contribution in [0.25, 0.3) is 0 Å². The van der Waals surface area contributed by atoms with Crippen molar-refractivity contribution in [1.29, 1.82) is 0 Å². The highest BCUT2D eigenvalue weighted by Crippen LogP contribution is 2.29. The van der Waals surface area contributed by atoms with Crippen LogP contribution < -0.4 is 10.5 Å². The molecule has 21 heavy (non-hydrogen) atoms. The molecule has 0 fully saturated rings. The van der Waals surface area contributed by atoms with E-state index in [0.717, 1.165) is 15.6 Å². The first-order valence-corrected chi connectivity index (χ1v) is 6.93. The largest absolute Gasteiger partial charge is 0.573 e. The summed E-state index contributed by atoms with van der Waals surface area (Å²) in [6.07, 6.45) is -4.69. The lowest BCUT2D eigenvalue weighted by molar-refractivity contribution is -0.274. The summed E-state index contributed by atoms with van der Waals surface area (Å²) in [6, 6.07) is 10.9. The van der Waals surface area contributed by atoms with Crippen molar-refractivity contribution < 1.29 is 17.9 Å². The molecule has 0 saturated carbocycles. The van der Waals surface area contributed by atoms with Crippen LogP contribution in [0.1, 0.15) is 22.7 Å². The van der Waals surface area contributed by atoms with Crippen LogP contribution in [0.5, 0.6) is 5.75 Å². The highest BCUT2D eigenvalue weighted by Gasteiger charge is 2.31. The van der Waals surface area contributed by atoms with Crippen LogP contribution >= 0.6 is 15.9 Å². The number of rotatable bonds is 3. The zero-order chi connectivity index (χ0) is 15.6. The van der Waals surface area contributed by atoms with Gasteiger partial charge >= 0.3 is 6.36 Å². The molecule has 1 atom stereocenters. The number of nitrogens with two attached hydrogens (primary N) is 1. The first kappa shape index (κ1) is 15.9. The van der Waals surface area contributed by atoms with E-state index in [9.17, 15) is 13.2 Å². The number of aryl methyl sites for hydroxylation is 1. The van der Waals surface area contributed by atoms with Gasteiger partial charge in [-0.1, -0.05) is 40.2 Å². The zero-order valence-corrected chi connectivity index (χ0v) is 12.7. The van der Waals surface area contributed by atoms with E-state index >= 15 is 0 Å². The first-order chi connectivity index (χ1) is 9.76. The van der Waals surface area contributed by atoms with E-state index < -0.39 is 12.4 Å². The van der Waals surface area contributed by atoms with Gasteiger partial charge in [0, 0.05) is 4.47 Å². The number of ether oxygens (including phenoxy) is 1. The maximum absolute atomic E-state index is 12.1. The van der Waals surface area contributed by atoms with Crippen LogP contribution in [-0.2, 0) is 0 Å². The highest BCUT2D eigenvalue weighted by molar-refractivity contribution is 9.10. The molecule has 0 aliphatic rings. The number of alkyl halides is 3. The molecular weight excluding hydrogens is 347 g/mol. The van der Waals surface area contributed by atoms with Crippen LogP contribution in [0.4, 0.5) is 13.2 Å². The van der Waals surface area contributed by atoms with E-state index in [0.29, 0.717) is 5.56 Å². The van der Waals surface area contributed by atoms with Gasteiger partial charge in [0.15, 0.2) is 0 Å². The van der Waals surface area contributed by atoms with E-state index in [4.69, 9.17) is 5.73 Å². The van der Waals surface area contributed by atoms with E-state index in [1.165, 1.54) is 24.3 Å². The molecule has 2 aromatic carbocycles. The van der Waals surface area contributed by atoms with Gasteiger partial charge in [0.05, 0.1) is 6.04 Å². The maximum atomic E-state index is 12.1. The molecule has 0 bridgehead atoms. The van der Waals surface area contributed by atoms with Gasteiger partial charge in [-0.15, -0.1) is 13.2 Å². The molecule has 0 radical (unpaired) electrons. The predicted molar refractivity (Wildman–Crippen MR) is 78.0 cm³/mol. The lowest BCUT2D eigenvalue weighted by Crippen LogP contribution is -2.17. The molecule has 6 heteroatoms. The number of halogens is 4. The molecule has 0 saturated heterocycles. The van der Waals surface area contributed by atoms with Crippen LogP contribution in [0.15, 0.2) is 46.9 Å². The van der Waals surface area contributed by atoms with Crippen molar-refractivity contribution in [3.8, 4) is 5.75 Å². The van der Waals surface area contributed by atoms with Gasteiger partial charge in [0.2, 0.25) is 0 Å². The minimum atomic E-state index is -4.69. The molecule has 0 amide bonds. The molecule has 0 aromatic heterocycles. The van der Waals surface area contributed by atoms with Gasteiger partial charge in [-0.2, -0.15) is 0 Å². The third-order valence-electron chi connectivity index (χ3n) is 2.96. The first-order valence-electron chi connectivity index (χ1n) is 6.13. The second kappa shape index (κ2) is 6.07. The minimum Gasteiger partial charge on any atom is -0.406 e. The van der Waals surface area contributed by atoms with Crippen molar-refractivity contribution in [1.82, 2.24) is 0 Å². The van der Waals surface area contributed by atoms with Crippen LogP contribution in [0, 0.1) is 6.92 Å². The Kier molecular flexibility index (Phi) is 4.58. The second-order valence-corrected chi connectivity index (χ2v) is 5.47. The molecule has 0 aliphatic heterocycles. The zero-order valence-electron chi connectivity index (χ0n) is 11.1. The molecule has 2 aromatic rings. The fraction of sp³-hybridized carbons (Fsp3) is 0.200. The SMILES string of the molecule is Cc1ccc([C@H](N)c2ccc(OC(F)(F)F)cc2)c(Br)c1. The van der Waals surface area contributed by atoms with Gasteiger partial charge in [-0.05, 0) is 41.8 Å². The van der Waals surface area contributed by atoms with Crippen LogP contribution in [0.3, 0.4) is 0 Å². The monoisotopic (exact) mass is 359 g/mol. The lowest BCUT2D eigenvalue weighted by atomic mass is 9.99. The minimum absolute atomic E-state index is 0.263. The number of hydrogen-bond donors (Lipinski definition) is 1. The average Bonchev–Trinajstić information content (AvgIpc) is 2.37. The van der Waals surface area contributed by atoms with E-state index in [2.05, 4.69) is 20.7 Å². The Balaban J connectivity index is 2.22. The molecule has 112 valence electrons. The lowest BCUT2D eigenvalue weighted by Gasteiger charge is -2.16. The number of hydrogen-bond acceptors (Lipinski definition) is 2. The van der Waals surface area contributed by atoms with Crippen molar-refractivity contribution >= 4 is 15.9 Å². The van der Waals surface area contributed by atoms with Gasteiger partial charge in [0.1, 0.15) is 5.75 Å². The fourth-order valence-electron chi connectivity index (χ4n) is 1.94. The molecule has 0 heterocycles. The van der Waals surface area contributed by atoms with Crippen molar-refractivity contribution in [3.63, 3.8) is 0 Å². The summed E-state index contributed by atoms with van der Waals surface area (Å²) in [5.41, 5.74) is 8.81. The van der Waals surface area contributed by atoms with Crippen molar-refractivity contribution in [3.05, 3.63) is 63.6 Å². The summed E-state index contributed by atoms with van der Waals surface area (Å²) >= 11 is 3.45. The van der Waals surface area contributed by atoms with E-state index in [1.54, 1.807) is 0 Å². The Morgan fingerprint density at radius 3 is 2.24 bits per heavy atom. The van der Waals surface area contributed by atoms with Gasteiger partial charge < -0.3 is 10.5 Å². The molecule has 0 aliphatic carbocycles. The molecule has 2 N–H and O–H groups in total. The normalized spacial score (nSPS) is 13.0. The third kappa shape index (κ3) is 4.22. The van der Waals surface area contributed by atoms with Crippen LogP contribution in [0.2, 0.25) is 0 Å². The summed E-state index contributed by atoms with van der Waals surface area (Å²) in [7, 11) is 0. The highest BCUT2D eigenvalue weighted by atomic mass is 79.9. The van der Waals surface area contributed by atoms with E-state index in [-0.39, 0.29) is 5.75 Å². The summed E-state index contributed by atoms with van der Waals surface area (Å²) in [6.45, 7) is 1.96. The van der Waals surface area contributed by atoms with Gasteiger partial charge in [-0.25, -0.2) is 0 Å². The summed E-state index contributed by atoms with van der Waals surface area (Å²) in [5, 5.41) is 0. The molecule has 0 unspecified atom stereocenters. The smallest absolute Gasteiger partial charge is 0.406 e. The maximum Gasteiger partial charge on any atom is 0.573 e. The quantitative estimate of drug-likeness (QED) is 0.861. The third-order valence-corrected chi connectivity index (χ3v) is 3.65. The van der Waals surface area contributed by atoms with Crippen molar-refractivity contribution in [2.45, 2.75) is 19.3 Å². The Bertz CT molecular complexity index is 626.